The first-order valence-corrected chi connectivity index (χ1v) is 8.83. The van der Waals surface area contributed by atoms with Gasteiger partial charge in [-0.1, -0.05) is 6.07 Å². The molecule has 0 amide bonds. The molecule has 6 nitrogen and oxygen atoms in total. The molecule has 152 valence electrons. The third-order valence-electron chi connectivity index (χ3n) is 4.76. The van der Waals surface area contributed by atoms with E-state index in [1.165, 1.54) is 28.8 Å². The minimum absolute atomic E-state index is 0. The topological polar surface area (TPSA) is 60.2 Å². The number of pyridine rings is 1. The molecule has 0 radical (unpaired) electrons. The van der Waals surface area contributed by atoms with Crippen LogP contribution in [0.3, 0.4) is 0 Å². The first-order valence-electron chi connectivity index (χ1n) is 8.83. The van der Waals surface area contributed by atoms with Gasteiger partial charge in [0.05, 0.1) is 24.4 Å². The number of halogens is 3. The van der Waals surface area contributed by atoms with Gasteiger partial charge in [0, 0.05) is 37.6 Å². The number of morpholine rings is 1. The van der Waals surface area contributed by atoms with Gasteiger partial charge in [0.2, 0.25) is 5.95 Å². The number of anilines is 1. The molecule has 1 saturated heterocycles. The van der Waals surface area contributed by atoms with Crippen LogP contribution in [0.2, 0.25) is 0 Å². The molecule has 1 aliphatic rings. The highest BCUT2D eigenvalue weighted by Crippen LogP contribution is 2.29. The maximum Gasteiger partial charge on any atom is 0.255 e. The van der Waals surface area contributed by atoms with Crippen LogP contribution in [0.4, 0.5) is 14.7 Å². The molecule has 9 heteroatoms. The number of hydrogen-bond acceptors (Lipinski definition) is 5. The Hall–Kier alpha value is -2.84. The van der Waals surface area contributed by atoms with E-state index >= 15 is 0 Å². The molecule has 3 heterocycles. The quantitative estimate of drug-likeness (QED) is 0.651. The minimum atomic E-state index is -0.795. The molecule has 3 aromatic rings. The molecule has 0 bridgehead atoms. The summed E-state index contributed by atoms with van der Waals surface area (Å²) in [5.74, 6) is -0.886. The van der Waals surface area contributed by atoms with Gasteiger partial charge in [0.15, 0.2) is 0 Å². The normalized spacial score (nSPS) is 16.4. The van der Waals surface area contributed by atoms with E-state index in [1.807, 2.05) is 4.90 Å². The SMILES string of the molecule is Cl.Cn1c(N2CCO[C@H](c3c(F)cccc3F)C2)nc(-c2ccncc2)cc1=O. The lowest BCUT2D eigenvalue weighted by atomic mass is 10.1. The van der Waals surface area contributed by atoms with E-state index in [0.29, 0.717) is 18.2 Å². The van der Waals surface area contributed by atoms with Gasteiger partial charge >= 0.3 is 0 Å². The zero-order chi connectivity index (χ0) is 19.7. The van der Waals surface area contributed by atoms with E-state index in [0.717, 1.165) is 5.56 Å². The van der Waals surface area contributed by atoms with E-state index < -0.39 is 17.7 Å². The van der Waals surface area contributed by atoms with Crippen molar-refractivity contribution < 1.29 is 13.5 Å². The maximum atomic E-state index is 14.2. The summed E-state index contributed by atoms with van der Waals surface area (Å²) in [5, 5.41) is 0. The van der Waals surface area contributed by atoms with Crippen LogP contribution >= 0.6 is 12.4 Å². The van der Waals surface area contributed by atoms with Crippen LogP contribution in [-0.2, 0) is 11.8 Å². The molecule has 0 saturated carbocycles. The molecule has 2 aromatic heterocycles. The Kier molecular flexibility index (Phi) is 6.24. The first kappa shape index (κ1) is 20.9. The largest absolute Gasteiger partial charge is 0.370 e. The van der Waals surface area contributed by atoms with E-state index in [-0.39, 0.29) is 36.7 Å². The van der Waals surface area contributed by atoms with Crippen LogP contribution in [0.1, 0.15) is 11.7 Å². The fourth-order valence-corrected chi connectivity index (χ4v) is 3.30. The second-order valence-electron chi connectivity index (χ2n) is 6.52. The van der Waals surface area contributed by atoms with Gasteiger partial charge in [0.1, 0.15) is 17.7 Å². The predicted octanol–water partition coefficient (Wildman–Crippen LogP) is 3.12. The fraction of sp³-hybridized carbons (Fsp3) is 0.250. The lowest BCUT2D eigenvalue weighted by molar-refractivity contribution is 0.0343. The van der Waals surface area contributed by atoms with Crippen molar-refractivity contribution >= 4 is 18.4 Å². The molecular weight excluding hydrogens is 402 g/mol. The van der Waals surface area contributed by atoms with Crippen LogP contribution in [0.15, 0.2) is 53.6 Å². The molecule has 1 aromatic carbocycles. The van der Waals surface area contributed by atoms with Crippen LogP contribution in [0.5, 0.6) is 0 Å². The number of hydrogen-bond donors (Lipinski definition) is 0. The summed E-state index contributed by atoms with van der Waals surface area (Å²) in [7, 11) is 1.62. The Labute approximate surface area is 172 Å². The van der Waals surface area contributed by atoms with Crippen molar-refractivity contribution in [1.82, 2.24) is 14.5 Å². The van der Waals surface area contributed by atoms with E-state index in [4.69, 9.17) is 4.74 Å². The van der Waals surface area contributed by atoms with Crippen LogP contribution < -0.4 is 10.5 Å². The Bertz CT molecular complexity index is 1040. The Morgan fingerprint density at radius 2 is 1.83 bits per heavy atom. The summed E-state index contributed by atoms with van der Waals surface area (Å²) in [6.07, 6.45) is 2.45. The summed E-state index contributed by atoms with van der Waals surface area (Å²) in [6.45, 7) is 0.887. The van der Waals surface area contributed by atoms with Gasteiger partial charge in [-0.25, -0.2) is 13.8 Å². The Morgan fingerprint density at radius 3 is 2.52 bits per heavy atom. The standard InChI is InChI=1S/C20H18F2N4O2.ClH/c1-25-18(27)11-16(13-5-7-23-8-6-13)24-20(25)26-9-10-28-17(12-26)19-14(21)3-2-4-15(19)22;/h2-8,11,17H,9-10,12H2,1H3;1H/t17-;/m0./s1. The van der Waals surface area contributed by atoms with Crippen molar-refractivity contribution in [3.63, 3.8) is 0 Å². The molecule has 0 spiro atoms. The number of benzene rings is 1. The molecule has 29 heavy (non-hydrogen) atoms. The van der Waals surface area contributed by atoms with Gasteiger partial charge in [-0.2, -0.15) is 0 Å². The third-order valence-corrected chi connectivity index (χ3v) is 4.76. The maximum absolute atomic E-state index is 14.2. The molecule has 1 atom stereocenters. The highest BCUT2D eigenvalue weighted by Gasteiger charge is 2.29. The number of nitrogens with zero attached hydrogens (tertiary/aromatic N) is 4. The molecule has 1 aliphatic heterocycles. The van der Waals surface area contributed by atoms with Gasteiger partial charge in [-0.3, -0.25) is 14.3 Å². The molecule has 4 rings (SSSR count). The highest BCUT2D eigenvalue weighted by molar-refractivity contribution is 5.85. The molecule has 0 unspecified atom stereocenters. The predicted molar refractivity (Wildman–Crippen MR) is 107 cm³/mol. The zero-order valence-electron chi connectivity index (χ0n) is 15.6. The minimum Gasteiger partial charge on any atom is -0.370 e. The first-order chi connectivity index (χ1) is 13.5. The zero-order valence-corrected chi connectivity index (χ0v) is 16.4. The Balaban J connectivity index is 0.00000240. The average molecular weight is 421 g/mol. The van der Waals surface area contributed by atoms with E-state index in [2.05, 4.69) is 9.97 Å². The molecule has 0 aliphatic carbocycles. The van der Waals surface area contributed by atoms with Crippen molar-refractivity contribution in [3.05, 3.63) is 76.3 Å². The van der Waals surface area contributed by atoms with Crippen molar-refractivity contribution in [3.8, 4) is 11.3 Å². The van der Waals surface area contributed by atoms with Crippen molar-refractivity contribution in [2.75, 3.05) is 24.6 Å². The smallest absolute Gasteiger partial charge is 0.255 e. The monoisotopic (exact) mass is 420 g/mol. The third kappa shape index (κ3) is 4.13. The number of ether oxygens (including phenoxy) is 1. The lowest BCUT2D eigenvalue weighted by Gasteiger charge is -2.34. The van der Waals surface area contributed by atoms with Crippen LogP contribution in [-0.4, -0.2) is 34.2 Å². The average Bonchev–Trinajstić information content (AvgIpc) is 2.71. The fourth-order valence-electron chi connectivity index (χ4n) is 3.30. The second kappa shape index (κ2) is 8.67. The molecule has 0 N–H and O–H groups in total. The summed E-state index contributed by atoms with van der Waals surface area (Å²) < 4.78 is 35.4. The van der Waals surface area contributed by atoms with E-state index in [9.17, 15) is 13.6 Å². The number of aromatic nitrogens is 3. The van der Waals surface area contributed by atoms with Gasteiger partial charge < -0.3 is 9.64 Å². The van der Waals surface area contributed by atoms with Crippen molar-refractivity contribution in [1.29, 1.82) is 0 Å². The number of rotatable bonds is 3. The highest BCUT2D eigenvalue weighted by atomic mass is 35.5. The lowest BCUT2D eigenvalue weighted by Crippen LogP contribution is -2.42. The van der Waals surface area contributed by atoms with Gasteiger partial charge in [0.25, 0.3) is 5.56 Å². The summed E-state index contributed by atoms with van der Waals surface area (Å²) in [6, 6.07) is 8.72. The van der Waals surface area contributed by atoms with Crippen LogP contribution in [0.25, 0.3) is 11.3 Å². The molecule has 1 fully saturated rings. The molecular formula is C20H19ClF2N4O2. The Morgan fingerprint density at radius 1 is 1.14 bits per heavy atom. The van der Waals surface area contributed by atoms with Crippen molar-refractivity contribution in [2.45, 2.75) is 6.10 Å². The van der Waals surface area contributed by atoms with E-state index in [1.54, 1.807) is 31.6 Å². The van der Waals surface area contributed by atoms with Crippen molar-refractivity contribution in [2.24, 2.45) is 7.05 Å². The van der Waals surface area contributed by atoms with Gasteiger partial charge in [-0.15, -0.1) is 12.4 Å². The summed E-state index contributed by atoms with van der Waals surface area (Å²) in [5.41, 5.74) is 0.943. The summed E-state index contributed by atoms with van der Waals surface area (Å²) >= 11 is 0. The second-order valence-corrected chi connectivity index (χ2v) is 6.52. The van der Waals surface area contributed by atoms with Gasteiger partial charge in [-0.05, 0) is 24.3 Å². The van der Waals surface area contributed by atoms with Crippen LogP contribution in [0, 0.1) is 11.6 Å². The summed E-state index contributed by atoms with van der Waals surface area (Å²) in [4.78, 5) is 22.9.